The Hall–Kier alpha value is -2.89. The van der Waals surface area contributed by atoms with Crippen molar-refractivity contribution in [3.05, 3.63) is 65.5 Å². The van der Waals surface area contributed by atoms with Crippen molar-refractivity contribution in [2.24, 2.45) is 0 Å². The van der Waals surface area contributed by atoms with Gasteiger partial charge in [0.15, 0.2) is 6.10 Å². The summed E-state index contributed by atoms with van der Waals surface area (Å²) in [5.74, 6) is -0.850. The number of rotatable bonds is 5. The molecule has 126 valence electrons. The molecule has 0 saturated carbocycles. The van der Waals surface area contributed by atoms with Gasteiger partial charge in [0.1, 0.15) is 11.6 Å². The molecule has 0 aliphatic heterocycles. The number of halogens is 1. The summed E-state index contributed by atoms with van der Waals surface area (Å²) in [7, 11) is 0. The lowest BCUT2D eigenvalue weighted by Gasteiger charge is -2.15. The summed E-state index contributed by atoms with van der Waals surface area (Å²) in [6.45, 7) is 3.45. The zero-order valence-corrected chi connectivity index (χ0v) is 13.5. The summed E-state index contributed by atoms with van der Waals surface area (Å²) >= 11 is 0. The fraction of sp³-hybridized carbons (Fsp3) is 0.222. The minimum Gasteiger partial charge on any atom is -0.481 e. The second-order valence-electron chi connectivity index (χ2n) is 5.35. The quantitative estimate of drug-likeness (QED) is 0.827. The van der Waals surface area contributed by atoms with Crippen molar-refractivity contribution < 1.29 is 18.7 Å². The van der Waals surface area contributed by atoms with Crippen LogP contribution >= 0.6 is 0 Å². The van der Waals surface area contributed by atoms with Gasteiger partial charge in [-0.1, -0.05) is 24.3 Å². The standard InChI is InChI=1S/C18H19FN2O3/c1-12-5-3-4-6-14(12)11-17(22)20-21-18(23)13(2)24-16-9-7-15(19)8-10-16/h3-10,13H,11H2,1-2H3,(H,20,22)(H,21,23)/t13-/m0/s1. The molecule has 0 aliphatic rings. The molecule has 0 aromatic heterocycles. The number of hydrogen-bond acceptors (Lipinski definition) is 3. The molecular weight excluding hydrogens is 311 g/mol. The van der Waals surface area contributed by atoms with Crippen LogP contribution in [0.15, 0.2) is 48.5 Å². The van der Waals surface area contributed by atoms with Gasteiger partial charge in [-0.25, -0.2) is 4.39 Å². The number of aryl methyl sites for hydroxylation is 1. The van der Waals surface area contributed by atoms with Gasteiger partial charge >= 0.3 is 0 Å². The number of carbonyl (C=O) groups is 2. The molecule has 2 N–H and O–H groups in total. The highest BCUT2D eigenvalue weighted by Gasteiger charge is 2.15. The van der Waals surface area contributed by atoms with E-state index in [2.05, 4.69) is 10.9 Å². The van der Waals surface area contributed by atoms with Crippen LogP contribution in [0, 0.1) is 12.7 Å². The van der Waals surface area contributed by atoms with Gasteiger partial charge in [-0.05, 0) is 49.2 Å². The van der Waals surface area contributed by atoms with E-state index in [4.69, 9.17) is 4.74 Å². The highest BCUT2D eigenvalue weighted by atomic mass is 19.1. The van der Waals surface area contributed by atoms with Crippen LogP contribution in [-0.2, 0) is 16.0 Å². The van der Waals surface area contributed by atoms with E-state index in [1.54, 1.807) is 0 Å². The van der Waals surface area contributed by atoms with Crippen molar-refractivity contribution in [2.75, 3.05) is 0 Å². The summed E-state index contributed by atoms with van der Waals surface area (Å²) in [5.41, 5.74) is 6.57. The first-order chi connectivity index (χ1) is 11.5. The minimum atomic E-state index is -0.839. The van der Waals surface area contributed by atoms with Crippen molar-refractivity contribution in [1.29, 1.82) is 0 Å². The van der Waals surface area contributed by atoms with Crippen LogP contribution in [0.4, 0.5) is 4.39 Å². The van der Waals surface area contributed by atoms with Crippen LogP contribution in [0.25, 0.3) is 0 Å². The Balaban J connectivity index is 1.80. The molecule has 2 aromatic carbocycles. The summed E-state index contributed by atoms with van der Waals surface area (Å²) in [6, 6.07) is 12.9. The Morgan fingerprint density at radius 2 is 1.75 bits per heavy atom. The average molecular weight is 330 g/mol. The van der Waals surface area contributed by atoms with Crippen molar-refractivity contribution in [2.45, 2.75) is 26.4 Å². The summed E-state index contributed by atoms with van der Waals surface area (Å²) in [6.07, 6.45) is -0.672. The lowest BCUT2D eigenvalue weighted by molar-refractivity contribution is -0.132. The van der Waals surface area contributed by atoms with E-state index in [1.807, 2.05) is 31.2 Å². The van der Waals surface area contributed by atoms with Gasteiger partial charge in [-0.15, -0.1) is 0 Å². The molecule has 2 aromatic rings. The number of hydrogen-bond donors (Lipinski definition) is 2. The molecule has 6 heteroatoms. The molecule has 0 unspecified atom stereocenters. The number of hydrazine groups is 1. The van der Waals surface area contributed by atoms with Gasteiger partial charge in [0.2, 0.25) is 5.91 Å². The maximum atomic E-state index is 12.8. The summed E-state index contributed by atoms with van der Waals surface area (Å²) in [5, 5.41) is 0. The Morgan fingerprint density at radius 3 is 2.42 bits per heavy atom. The van der Waals surface area contributed by atoms with Gasteiger partial charge in [-0.2, -0.15) is 0 Å². The highest BCUT2D eigenvalue weighted by Crippen LogP contribution is 2.13. The molecule has 2 amide bonds. The van der Waals surface area contributed by atoms with Crippen LogP contribution in [0.3, 0.4) is 0 Å². The summed E-state index contributed by atoms with van der Waals surface area (Å²) < 4.78 is 18.2. The molecule has 0 fully saturated rings. The second kappa shape index (κ2) is 8.10. The third-order valence-electron chi connectivity index (χ3n) is 3.43. The van der Waals surface area contributed by atoms with Gasteiger partial charge in [0, 0.05) is 0 Å². The molecule has 2 rings (SSSR count). The third-order valence-corrected chi connectivity index (χ3v) is 3.43. The van der Waals surface area contributed by atoms with Crippen LogP contribution in [0.2, 0.25) is 0 Å². The largest absolute Gasteiger partial charge is 0.481 e. The maximum absolute atomic E-state index is 12.8. The topological polar surface area (TPSA) is 67.4 Å². The molecule has 0 saturated heterocycles. The molecule has 0 spiro atoms. The predicted octanol–water partition coefficient (Wildman–Crippen LogP) is 2.29. The number of ether oxygens (including phenoxy) is 1. The fourth-order valence-electron chi connectivity index (χ4n) is 2.03. The molecule has 1 atom stereocenters. The van der Waals surface area contributed by atoms with Crippen LogP contribution in [-0.4, -0.2) is 17.9 Å². The normalized spacial score (nSPS) is 11.5. The van der Waals surface area contributed by atoms with Gasteiger partial charge in [0.05, 0.1) is 6.42 Å². The van der Waals surface area contributed by atoms with E-state index in [-0.39, 0.29) is 18.1 Å². The van der Waals surface area contributed by atoms with Crippen molar-refractivity contribution >= 4 is 11.8 Å². The second-order valence-corrected chi connectivity index (χ2v) is 5.35. The first kappa shape index (κ1) is 17.5. The minimum absolute atomic E-state index is 0.167. The Labute approximate surface area is 139 Å². The van der Waals surface area contributed by atoms with Crippen LogP contribution < -0.4 is 15.6 Å². The smallest absolute Gasteiger partial charge is 0.279 e. The van der Waals surface area contributed by atoms with Crippen LogP contribution in [0.5, 0.6) is 5.75 Å². The Morgan fingerprint density at radius 1 is 1.08 bits per heavy atom. The average Bonchev–Trinajstić information content (AvgIpc) is 2.57. The van der Waals surface area contributed by atoms with E-state index < -0.39 is 12.0 Å². The van der Waals surface area contributed by atoms with Gasteiger partial charge < -0.3 is 4.74 Å². The fourth-order valence-corrected chi connectivity index (χ4v) is 2.03. The molecule has 0 radical (unpaired) electrons. The molecule has 24 heavy (non-hydrogen) atoms. The van der Waals surface area contributed by atoms with Gasteiger partial charge in [0.25, 0.3) is 5.91 Å². The number of carbonyl (C=O) groups excluding carboxylic acids is 2. The summed E-state index contributed by atoms with van der Waals surface area (Å²) in [4.78, 5) is 23.8. The molecule has 0 aliphatic carbocycles. The number of nitrogens with one attached hydrogen (secondary N) is 2. The van der Waals surface area contributed by atoms with E-state index in [0.717, 1.165) is 11.1 Å². The highest BCUT2D eigenvalue weighted by molar-refractivity contribution is 5.85. The Bertz CT molecular complexity index is 716. The maximum Gasteiger partial charge on any atom is 0.279 e. The first-order valence-electron chi connectivity index (χ1n) is 7.51. The van der Waals surface area contributed by atoms with E-state index in [0.29, 0.717) is 5.75 Å². The predicted molar refractivity (Wildman–Crippen MR) is 87.7 cm³/mol. The molecule has 0 bridgehead atoms. The zero-order chi connectivity index (χ0) is 17.5. The Kier molecular flexibility index (Phi) is 5.89. The van der Waals surface area contributed by atoms with E-state index >= 15 is 0 Å². The zero-order valence-electron chi connectivity index (χ0n) is 13.5. The first-order valence-corrected chi connectivity index (χ1v) is 7.51. The van der Waals surface area contributed by atoms with E-state index in [9.17, 15) is 14.0 Å². The molecule has 5 nitrogen and oxygen atoms in total. The number of benzene rings is 2. The molecular formula is C18H19FN2O3. The van der Waals surface area contributed by atoms with Gasteiger partial charge in [-0.3, -0.25) is 20.4 Å². The lowest BCUT2D eigenvalue weighted by Crippen LogP contribution is -2.47. The van der Waals surface area contributed by atoms with Crippen molar-refractivity contribution in [3.63, 3.8) is 0 Å². The third kappa shape index (κ3) is 5.08. The van der Waals surface area contributed by atoms with Crippen molar-refractivity contribution in [1.82, 2.24) is 10.9 Å². The number of amides is 2. The van der Waals surface area contributed by atoms with Crippen molar-refractivity contribution in [3.8, 4) is 5.75 Å². The monoisotopic (exact) mass is 330 g/mol. The molecule has 0 heterocycles. The SMILES string of the molecule is Cc1ccccc1CC(=O)NNC(=O)[C@H](C)Oc1ccc(F)cc1. The lowest BCUT2D eigenvalue weighted by atomic mass is 10.1. The van der Waals surface area contributed by atoms with Crippen LogP contribution in [0.1, 0.15) is 18.1 Å². The van der Waals surface area contributed by atoms with E-state index in [1.165, 1.54) is 31.2 Å².